The first kappa shape index (κ1) is 13.3. The van der Waals surface area contributed by atoms with E-state index in [-0.39, 0.29) is 11.0 Å². The summed E-state index contributed by atoms with van der Waals surface area (Å²) in [6.45, 7) is 0.559. The molecule has 1 aromatic carbocycles. The van der Waals surface area contributed by atoms with Crippen molar-refractivity contribution in [3.8, 4) is 5.75 Å². The third-order valence-corrected chi connectivity index (χ3v) is 3.71. The van der Waals surface area contributed by atoms with Crippen LogP contribution < -0.4 is 0 Å². The van der Waals surface area contributed by atoms with E-state index in [0.717, 1.165) is 25.3 Å². The van der Waals surface area contributed by atoms with Gasteiger partial charge in [-0.1, -0.05) is 6.42 Å². The molecule has 2 aromatic rings. The molecule has 0 fully saturated rings. The van der Waals surface area contributed by atoms with Gasteiger partial charge in [0, 0.05) is 13.0 Å². The Morgan fingerprint density at radius 3 is 2.52 bits per heavy atom. The van der Waals surface area contributed by atoms with E-state index < -0.39 is 27.0 Å². The Labute approximate surface area is 118 Å². The summed E-state index contributed by atoms with van der Waals surface area (Å²) in [7, 11) is 0. The van der Waals surface area contributed by atoms with Gasteiger partial charge in [0.05, 0.1) is 9.85 Å². The lowest BCUT2D eigenvalue weighted by Gasteiger charge is -2.05. The van der Waals surface area contributed by atoms with Gasteiger partial charge in [0.2, 0.25) is 5.75 Å². The van der Waals surface area contributed by atoms with E-state index in [0.29, 0.717) is 18.8 Å². The van der Waals surface area contributed by atoms with Gasteiger partial charge in [-0.25, -0.2) is 4.98 Å². The fourth-order valence-electron chi connectivity index (χ4n) is 2.75. The zero-order valence-electron chi connectivity index (χ0n) is 11.0. The molecule has 110 valence electrons. The number of rotatable bonds is 2. The molecule has 0 spiro atoms. The Morgan fingerprint density at radius 1 is 1.14 bits per heavy atom. The fraction of sp³-hybridized carbons (Fsp3) is 0.417. The van der Waals surface area contributed by atoms with Gasteiger partial charge in [0.25, 0.3) is 0 Å². The molecule has 0 atom stereocenters. The first-order valence-corrected chi connectivity index (χ1v) is 6.54. The standard InChI is InChI=1S/C12H12N4O5/c17-12-8(16(20)21)6-7(15(18)19)11-10(12)13-9-4-2-1-3-5-14(9)11/h6,17H,1-5H2. The second-order valence-corrected chi connectivity index (χ2v) is 4.97. The lowest BCUT2D eigenvalue weighted by atomic mass is 10.2. The van der Waals surface area contributed by atoms with Gasteiger partial charge in [-0.05, 0) is 12.8 Å². The molecule has 0 bridgehead atoms. The highest BCUT2D eigenvalue weighted by Gasteiger charge is 2.30. The molecular weight excluding hydrogens is 280 g/mol. The summed E-state index contributed by atoms with van der Waals surface area (Å²) in [5, 5.41) is 32.2. The minimum absolute atomic E-state index is 0.0622. The van der Waals surface area contributed by atoms with Crippen molar-refractivity contribution in [3.05, 3.63) is 32.1 Å². The van der Waals surface area contributed by atoms with Gasteiger partial charge in [0.15, 0.2) is 5.52 Å². The van der Waals surface area contributed by atoms with Crippen LogP contribution in [0.1, 0.15) is 25.1 Å². The van der Waals surface area contributed by atoms with Crippen LogP contribution in [0.5, 0.6) is 5.75 Å². The molecule has 2 heterocycles. The quantitative estimate of drug-likeness (QED) is 0.668. The van der Waals surface area contributed by atoms with E-state index in [9.17, 15) is 25.3 Å². The molecule has 1 aliphatic rings. The highest BCUT2D eigenvalue weighted by Crippen LogP contribution is 2.40. The van der Waals surface area contributed by atoms with E-state index in [1.807, 2.05) is 0 Å². The Bertz CT molecular complexity index is 767. The molecule has 9 heteroatoms. The highest BCUT2D eigenvalue weighted by molar-refractivity contribution is 5.94. The number of aromatic hydroxyl groups is 1. The summed E-state index contributed by atoms with van der Waals surface area (Å²) in [6, 6.07) is 0.803. The number of phenols is 1. The normalized spacial score (nSPS) is 14.7. The number of benzene rings is 1. The number of nitro groups is 2. The summed E-state index contributed by atoms with van der Waals surface area (Å²) >= 11 is 0. The number of fused-ring (bicyclic) bond motifs is 3. The Balaban J connectivity index is 2.40. The molecule has 3 rings (SSSR count). The Morgan fingerprint density at radius 2 is 1.86 bits per heavy atom. The zero-order chi connectivity index (χ0) is 15.1. The van der Waals surface area contributed by atoms with Crippen molar-refractivity contribution in [2.75, 3.05) is 0 Å². The summed E-state index contributed by atoms with van der Waals surface area (Å²) in [5.41, 5.74) is -0.981. The van der Waals surface area contributed by atoms with Crippen molar-refractivity contribution < 1.29 is 15.0 Å². The van der Waals surface area contributed by atoms with Crippen LogP contribution >= 0.6 is 0 Å². The Kier molecular flexibility index (Phi) is 2.96. The summed E-state index contributed by atoms with van der Waals surface area (Å²) < 4.78 is 1.70. The number of aryl methyl sites for hydroxylation is 2. The summed E-state index contributed by atoms with van der Waals surface area (Å²) in [5.74, 6) is 0.0163. The van der Waals surface area contributed by atoms with E-state index in [4.69, 9.17) is 0 Å². The largest absolute Gasteiger partial charge is 0.501 e. The van der Waals surface area contributed by atoms with Crippen molar-refractivity contribution in [1.29, 1.82) is 0 Å². The van der Waals surface area contributed by atoms with E-state index >= 15 is 0 Å². The lowest BCUT2D eigenvalue weighted by Crippen LogP contribution is -2.03. The topological polar surface area (TPSA) is 124 Å². The number of hydrogen-bond acceptors (Lipinski definition) is 6. The number of imidazole rings is 1. The molecule has 0 aliphatic carbocycles. The molecule has 1 aromatic heterocycles. The van der Waals surface area contributed by atoms with Crippen LogP contribution in [0.25, 0.3) is 11.0 Å². The second-order valence-electron chi connectivity index (χ2n) is 4.97. The van der Waals surface area contributed by atoms with E-state index in [2.05, 4.69) is 4.98 Å². The monoisotopic (exact) mass is 292 g/mol. The summed E-state index contributed by atoms with van der Waals surface area (Å²) in [6.07, 6.45) is 3.39. The van der Waals surface area contributed by atoms with E-state index in [1.54, 1.807) is 4.57 Å². The number of hydrogen-bond donors (Lipinski definition) is 1. The van der Waals surface area contributed by atoms with Gasteiger partial charge in [-0.15, -0.1) is 0 Å². The van der Waals surface area contributed by atoms with Gasteiger partial charge in [-0.3, -0.25) is 20.2 Å². The van der Waals surface area contributed by atoms with Crippen molar-refractivity contribution in [3.63, 3.8) is 0 Å². The fourth-order valence-corrected chi connectivity index (χ4v) is 2.75. The Hall–Kier alpha value is -2.71. The molecule has 0 amide bonds. The molecule has 0 radical (unpaired) electrons. The molecule has 9 nitrogen and oxygen atoms in total. The lowest BCUT2D eigenvalue weighted by molar-refractivity contribution is -0.393. The van der Waals surface area contributed by atoms with Gasteiger partial charge in [-0.2, -0.15) is 0 Å². The predicted molar refractivity (Wildman–Crippen MR) is 72.3 cm³/mol. The van der Waals surface area contributed by atoms with Gasteiger partial charge >= 0.3 is 11.4 Å². The van der Waals surface area contributed by atoms with Crippen LogP contribution in [0.15, 0.2) is 6.07 Å². The van der Waals surface area contributed by atoms with Crippen LogP contribution in [-0.4, -0.2) is 24.5 Å². The third-order valence-electron chi connectivity index (χ3n) is 3.71. The SMILES string of the molecule is O=[N+]([O-])c1cc([N+](=O)[O-])c2c(nc3n2CCCCC3)c1O. The molecule has 1 N–H and O–H groups in total. The maximum absolute atomic E-state index is 11.2. The smallest absolute Gasteiger partial charge is 0.320 e. The van der Waals surface area contributed by atoms with Crippen LogP contribution in [0.3, 0.4) is 0 Å². The number of non-ortho nitro benzene ring substituents is 1. The molecule has 0 saturated heterocycles. The molecular formula is C12H12N4O5. The number of phenolic OH excluding ortho intramolecular Hbond substituents is 1. The highest BCUT2D eigenvalue weighted by atomic mass is 16.6. The van der Waals surface area contributed by atoms with Gasteiger partial charge < -0.3 is 9.67 Å². The first-order chi connectivity index (χ1) is 10.0. The van der Waals surface area contributed by atoms with Crippen LogP contribution in [0.4, 0.5) is 11.4 Å². The average molecular weight is 292 g/mol. The van der Waals surface area contributed by atoms with Crippen molar-refractivity contribution >= 4 is 22.4 Å². The predicted octanol–water partition coefficient (Wildman–Crippen LogP) is 2.28. The summed E-state index contributed by atoms with van der Waals surface area (Å²) in [4.78, 5) is 24.8. The zero-order valence-corrected chi connectivity index (χ0v) is 11.0. The maximum Gasteiger partial charge on any atom is 0.320 e. The maximum atomic E-state index is 11.2. The number of nitro benzene ring substituents is 2. The number of aromatic nitrogens is 2. The van der Waals surface area contributed by atoms with Crippen LogP contribution in [0.2, 0.25) is 0 Å². The van der Waals surface area contributed by atoms with Gasteiger partial charge in [0.1, 0.15) is 17.4 Å². The number of nitrogens with zero attached hydrogens (tertiary/aromatic N) is 4. The first-order valence-electron chi connectivity index (χ1n) is 6.54. The second kappa shape index (κ2) is 4.69. The minimum atomic E-state index is -0.841. The molecule has 21 heavy (non-hydrogen) atoms. The van der Waals surface area contributed by atoms with Crippen LogP contribution in [-0.2, 0) is 13.0 Å². The average Bonchev–Trinajstić information content (AvgIpc) is 2.63. The molecule has 0 saturated carbocycles. The van der Waals surface area contributed by atoms with Crippen molar-refractivity contribution in [2.24, 2.45) is 0 Å². The minimum Gasteiger partial charge on any atom is -0.501 e. The third kappa shape index (κ3) is 1.97. The van der Waals surface area contributed by atoms with E-state index in [1.165, 1.54) is 0 Å². The molecule has 1 aliphatic heterocycles. The van der Waals surface area contributed by atoms with Crippen molar-refractivity contribution in [2.45, 2.75) is 32.2 Å². The molecule has 0 unspecified atom stereocenters. The van der Waals surface area contributed by atoms with Crippen LogP contribution in [0, 0.1) is 20.2 Å². The van der Waals surface area contributed by atoms with Crippen molar-refractivity contribution in [1.82, 2.24) is 9.55 Å².